The monoisotopic (exact) mass is 243 g/mol. The minimum absolute atomic E-state index is 0.153. The Morgan fingerprint density at radius 2 is 2.17 bits per heavy atom. The highest BCUT2D eigenvalue weighted by Gasteiger charge is 2.03. The third-order valence-corrected chi connectivity index (χ3v) is 2.51. The van der Waals surface area contributed by atoms with Crippen LogP contribution < -0.4 is 11.1 Å². The van der Waals surface area contributed by atoms with Crippen LogP contribution in [0.1, 0.15) is 21.6 Å². The van der Waals surface area contributed by atoms with Crippen molar-refractivity contribution in [3.63, 3.8) is 0 Å². The molecule has 2 aromatic heterocycles. The molecule has 0 aliphatic carbocycles. The zero-order chi connectivity index (χ0) is 13.0. The summed E-state index contributed by atoms with van der Waals surface area (Å²) in [6.45, 7) is 2.62. The predicted octanol–water partition coefficient (Wildman–Crippen LogP) is 0.891. The first-order chi connectivity index (χ1) is 8.66. The number of nitrogens with zero attached hydrogens (tertiary/aromatic N) is 3. The maximum absolute atomic E-state index is 10.8. The summed E-state index contributed by atoms with van der Waals surface area (Å²) >= 11 is 0. The molecular formula is C12H13N5O. The lowest BCUT2D eigenvalue weighted by Gasteiger charge is -2.07. The average molecular weight is 243 g/mol. The van der Waals surface area contributed by atoms with Gasteiger partial charge in [-0.05, 0) is 36.2 Å². The molecule has 0 radical (unpaired) electrons. The number of pyridine rings is 1. The topological polar surface area (TPSA) is 93.8 Å². The predicted molar refractivity (Wildman–Crippen MR) is 66.9 cm³/mol. The van der Waals surface area contributed by atoms with Crippen molar-refractivity contribution in [2.45, 2.75) is 13.5 Å². The number of amides is 1. The Morgan fingerprint density at radius 3 is 2.78 bits per heavy atom. The molecule has 0 saturated heterocycles. The fourth-order valence-electron chi connectivity index (χ4n) is 1.44. The van der Waals surface area contributed by atoms with Crippen molar-refractivity contribution in [1.82, 2.24) is 15.2 Å². The van der Waals surface area contributed by atoms with E-state index in [0.29, 0.717) is 12.4 Å². The number of nitrogens with one attached hydrogen (secondary N) is 1. The molecule has 92 valence electrons. The third-order valence-electron chi connectivity index (χ3n) is 2.51. The molecule has 0 aliphatic heterocycles. The quantitative estimate of drug-likeness (QED) is 0.831. The lowest BCUT2D eigenvalue weighted by molar-refractivity contribution is 0.0994. The Hall–Kier alpha value is -2.50. The molecule has 0 bridgehead atoms. The van der Waals surface area contributed by atoms with Crippen LogP contribution >= 0.6 is 0 Å². The summed E-state index contributed by atoms with van der Waals surface area (Å²) in [7, 11) is 0. The van der Waals surface area contributed by atoms with Crippen molar-refractivity contribution in [3.8, 4) is 0 Å². The number of rotatable bonds is 4. The van der Waals surface area contributed by atoms with Crippen molar-refractivity contribution >= 4 is 11.7 Å². The summed E-state index contributed by atoms with van der Waals surface area (Å²) in [5.41, 5.74) is 7.47. The van der Waals surface area contributed by atoms with E-state index in [-0.39, 0.29) is 5.69 Å². The highest BCUT2D eigenvalue weighted by Crippen LogP contribution is 2.08. The molecule has 0 aliphatic rings. The van der Waals surface area contributed by atoms with E-state index < -0.39 is 5.91 Å². The standard InChI is InChI=1S/C12H13N5O/c1-8-6-14-5-4-9(8)7-15-11-3-2-10(12(13)18)16-17-11/h2-6H,7H2,1H3,(H2,13,18)(H,15,17). The van der Waals surface area contributed by atoms with E-state index in [4.69, 9.17) is 5.73 Å². The van der Waals surface area contributed by atoms with Gasteiger partial charge in [0.05, 0.1) is 0 Å². The molecular weight excluding hydrogens is 230 g/mol. The zero-order valence-electron chi connectivity index (χ0n) is 9.92. The molecule has 0 unspecified atom stereocenters. The van der Waals surface area contributed by atoms with Crippen LogP contribution in [0.5, 0.6) is 0 Å². The number of nitrogens with two attached hydrogens (primary N) is 1. The fraction of sp³-hybridized carbons (Fsp3) is 0.167. The van der Waals surface area contributed by atoms with E-state index in [1.807, 2.05) is 13.0 Å². The summed E-state index contributed by atoms with van der Waals surface area (Å²) in [4.78, 5) is 14.9. The number of carbonyl (C=O) groups is 1. The number of aromatic nitrogens is 3. The zero-order valence-corrected chi connectivity index (χ0v) is 9.92. The van der Waals surface area contributed by atoms with Gasteiger partial charge in [-0.3, -0.25) is 9.78 Å². The normalized spacial score (nSPS) is 10.1. The van der Waals surface area contributed by atoms with Crippen LogP contribution in [0, 0.1) is 6.92 Å². The second-order valence-electron chi connectivity index (χ2n) is 3.82. The molecule has 0 aromatic carbocycles. The maximum atomic E-state index is 10.8. The van der Waals surface area contributed by atoms with Crippen LogP contribution in [0.25, 0.3) is 0 Å². The van der Waals surface area contributed by atoms with Gasteiger partial charge in [-0.1, -0.05) is 0 Å². The van der Waals surface area contributed by atoms with Crippen molar-refractivity contribution < 1.29 is 4.79 Å². The van der Waals surface area contributed by atoms with Gasteiger partial charge >= 0.3 is 0 Å². The molecule has 0 fully saturated rings. The minimum Gasteiger partial charge on any atom is -0.364 e. The molecule has 2 heterocycles. The van der Waals surface area contributed by atoms with Gasteiger partial charge in [-0.25, -0.2) is 0 Å². The van der Waals surface area contributed by atoms with E-state index in [2.05, 4.69) is 20.5 Å². The molecule has 0 spiro atoms. The molecule has 0 atom stereocenters. The van der Waals surface area contributed by atoms with E-state index in [1.165, 1.54) is 6.07 Å². The van der Waals surface area contributed by atoms with Crippen LogP contribution in [0.2, 0.25) is 0 Å². The van der Waals surface area contributed by atoms with Crippen LogP contribution in [0.15, 0.2) is 30.6 Å². The first-order valence-electron chi connectivity index (χ1n) is 5.43. The number of primary amides is 1. The lowest BCUT2D eigenvalue weighted by atomic mass is 10.1. The largest absolute Gasteiger partial charge is 0.364 e. The molecule has 2 rings (SSSR count). The minimum atomic E-state index is -0.584. The summed E-state index contributed by atoms with van der Waals surface area (Å²) in [5, 5.41) is 10.7. The van der Waals surface area contributed by atoms with Gasteiger partial charge in [0, 0.05) is 18.9 Å². The molecule has 2 aromatic rings. The highest BCUT2D eigenvalue weighted by atomic mass is 16.1. The Bertz CT molecular complexity index is 553. The summed E-state index contributed by atoms with van der Waals surface area (Å²) < 4.78 is 0. The van der Waals surface area contributed by atoms with Gasteiger partial charge in [-0.2, -0.15) is 0 Å². The molecule has 6 heteroatoms. The summed E-state index contributed by atoms with van der Waals surface area (Å²) in [6.07, 6.45) is 3.55. The maximum Gasteiger partial charge on any atom is 0.269 e. The van der Waals surface area contributed by atoms with Gasteiger partial charge in [0.2, 0.25) is 0 Å². The van der Waals surface area contributed by atoms with Crippen LogP contribution in [-0.4, -0.2) is 21.1 Å². The Balaban J connectivity index is 2.02. The Labute approximate surface area is 104 Å². The van der Waals surface area contributed by atoms with Crippen molar-refractivity contribution in [2.24, 2.45) is 5.73 Å². The lowest BCUT2D eigenvalue weighted by Crippen LogP contribution is -2.14. The van der Waals surface area contributed by atoms with Crippen molar-refractivity contribution in [1.29, 1.82) is 0 Å². The number of hydrogen-bond acceptors (Lipinski definition) is 5. The van der Waals surface area contributed by atoms with Gasteiger partial charge in [0.15, 0.2) is 5.69 Å². The van der Waals surface area contributed by atoms with Crippen LogP contribution in [0.4, 0.5) is 5.82 Å². The smallest absolute Gasteiger partial charge is 0.269 e. The molecule has 1 amide bonds. The number of anilines is 1. The molecule has 0 saturated carbocycles. The second kappa shape index (κ2) is 5.22. The highest BCUT2D eigenvalue weighted by molar-refractivity contribution is 5.90. The number of hydrogen-bond donors (Lipinski definition) is 2. The Kier molecular flexibility index (Phi) is 3.47. The first-order valence-corrected chi connectivity index (χ1v) is 5.43. The molecule has 6 nitrogen and oxygen atoms in total. The third kappa shape index (κ3) is 2.79. The van der Waals surface area contributed by atoms with E-state index >= 15 is 0 Å². The SMILES string of the molecule is Cc1cnccc1CNc1ccc(C(N)=O)nn1. The summed E-state index contributed by atoms with van der Waals surface area (Å²) in [5.74, 6) is 0.00948. The molecule has 18 heavy (non-hydrogen) atoms. The van der Waals surface area contributed by atoms with Gasteiger partial charge in [0.1, 0.15) is 5.82 Å². The van der Waals surface area contributed by atoms with Crippen LogP contribution in [0.3, 0.4) is 0 Å². The average Bonchev–Trinajstić information content (AvgIpc) is 2.38. The van der Waals surface area contributed by atoms with Gasteiger partial charge in [0.25, 0.3) is 5.91 Å². The van der Waals surface area contributed by atoms with Crippen molar-refractivity contribution in [3.05, 3.63) is 47.4 Å². The fourth-order valence-corrected chi connectivity index (χ4v) is 1.44. The summed E-state index contributed by atoms with van der Waals surface area (Å²) in [6, 6.07) is 5.15. The first kappa shape index (κ1) is 12.0. The van der Waals surface area contributed by atoms with Crippen molar-refractivity contribution in [2.75, 3.05) is 5.32 Å². The Morgan fingerprint density at radius 1 is 1.33 bits per heavy atom. The van der Waals surface area contributed by atoms with Crippen LogP contribution in [-0.2, 0) is 6.54 Å². The molecule has 3 N–H and O–H groups in total. The second-order valence-corrected chi connectivity index (χ2v) is 3.82. The van der Waals surface area contributed by atoms with Gasteiger partial charge < -0.3 is 11.1 Å². The van der Waals surface area contributed by atoms with E-state index in [0.717, 1.165) is 11.1 Å². The van der Waals surface area contributed by atoms with E-state index in [9.17, 15) is 4.79 Å². The van der Waals surface area contributed by atoms with Gasteiger partial charge in [-0.15, -0.1) is 10.2 Å². The number of aryl methyl sites for hydroxylation is 1. The van der Waals surface area contributed by atoms with E-state index in [1.54, 1.807) is 18.5 Å². The number of carbonyl (C=O) groups excluding carboxylic acids is 1.